The van der Waals surface area contributed by atoms with Gasteiger partial charge < -0.3 is 24.1 Å². The predicted molar refractivity (Wildman–Crippen MR) is 142 cm³/mol. The van der Waals surface area contributed by atoms with Gasteiger partial charge >= 0.3 is 0 Å². The second-order valence-electron chi connectivity index (χ2n) is 10.2. The van der Waals surface area contributed by atoms with Gasteiger partial charge in [-0.2, -0.15) is 0 Å². The van der Waals surface area contributed by atoms with Crippen LogP contribution in [0.1, 0.15) is 54.5 Å². The maximum absolute atomic E-state index is 13.6. The van der Waals surface area contributed by atoms with Crippen molar-refractivity contribution in [3.63, 3.8) is 0 Å². The summed E-state index contributed by atoms with van der Waals surface area (Å²) in [7, 11) is 0. The molecule has 0 fully saturated rings. The molecule has 0 spiro atoms. The summed E-state index contributed by atoms with van der Waals surface area (Å²) in [6.07, 6.45) is 0.824. The highest BCUT2D eigenvalue weighted by Crippen LogP contribution is 2.35. The fraction of sp³-hybridized carbons (Fsp3) is 0.333. The molecule has 7 nitrogen and oxygen atoms in total. The number of aromatic hydroxyl groups is 1. The Bertz CT molecular complexity index is 1480. The van der Waals surface area contributed by atoms with Crippen LogP contribution in [0, 0.1) is 12.8 Å². The smallest absolute Gasteiger partial charge is 0.227 e. The molecule has 37 heavy (non-hydrogen) atoms. The van der Waals surface area contributed by atoms with Crippen LogP contribution in [-0.4, -0.2) is 34.0 Å². The number of benzene rings is 2. The number of ether oxygens (including phenoxy) is 1. The van der Waals surface area contributed by atoms with Crippen LogP contribution in [0.25, 0.3) is 10.9 Å². The molecule has 2 aromatic carbocycles. The van der Waals surface area contributed by atoms with Gasteiger partial charge in [-0.3, -0.25) is 9.59 Å². The van der Waals surface area contributed by atoms with Crippen molar-refractivity contribution in [3.8, 4) is 11.5 Å². The van der Waals surface area contributed by atoms with Crippen LogP contribution >= 0.6 is 0 Å². The molecule has 5 rings (SSSR count). The predicted octanol–water partition coefficient (Wildman–Crippen LogP) is 5.28. The molecule has 2 aromatic heterocycles. The van der Waals surface area contributed by atoms with Gasteiger partial charge in [-0.1, -0.05) is 44.2 Å². The summed E-state index contributed by atoms with van der Waals surface area (Å²) < 4.78 is 11.6. The second-order valence-corrected chi connectivity index (χ2v) is 10.2. The van der Waals surface area contributed by atoms with Crippen molar-refractivity contribution in [1.29, 1.82) is 0 Å². The highest BCUT2D eigenvalue weighted by molar-refractivity contribution is 5.86. The van der Waals surface area contributed by atoms with Gasteiger partial charge in [0.25, 0.3) is 0 Å². The summed E-state index contributed by atoms with van der Waals surface area (Å²) in [6.45, 7) is 7.51. The topological polar surface area (TPSA) is 95.8 Å². The van der Waals surface area contributed by atoms with E-state index in [0.717, 1.165) is 28.9 Å². The Kier molecular flexibility index (Phi) is 6.78. The first kappa shape index (κ1) is 24.7. The van der Waals surface area contributed by atoms with Gasteiger partial charge in [0.2, 0.25) is 17.1 Å². The zero-order chi connectivity index (χ0) is 26.1. The van der Waals surface area contributed by atoms with E-state index in [4.69, 9.17) is 9.15 Å². The molecule has 0 bridgehead atoms. The molecule has 0 saturated heterocycles. The van der Waals surface area contributed by atoms with Crippen molar-refractivity contribution in [3.05, 3.63) is 93.2 Å². The molecule has 1 unspecified atom stereocenters. The van der Waals surface area contributed by atoms with E-state index in [1.54, 1.807) is 6.92 Å². The van der Waals surface area contributed by atoms with Crippen LogP contribution in [0.15, 0.2) is 63.8 Å². The van der Waals surface area contributed by atoms with Crippen molar-refractivity contribution < 1.29 is 19.1 Å². The molecular weight excluding hydrogens is 468 g/mol. The number of aryl methyl sites for hydroxylation is 1. The number of aromatic amines is 1. The van der Waals surface area contributed by atoms with E-state index in [9.17, 15) is 14.7 Å². The van der Waals surface area contributed by atoms with Gasteiger partial charge in [-0.05, 0) is 48.6 Å². The minimum atomic E-state index is -0.622. The Balaban J connectivity index is 1.43. The molecule has 1 atom stereocenters. The van der Waals surface area contributed by atoms with E-state index in [-0.39, 0.29) is 18.1 Å². The summed E-state index contributed by atoms with van der Waals surface area (Å²) >= 11 is 0. The lowest BCUT2D eigenvalue weighted by Crippen LogP contribution is -2.36. The highest BCUT2D eigenvalue weighted by Gasteiger charge is 2.30. The molecule has 1 aliphatic heterocycles. The lowest BCUT2D eigenvalue weighted by Gasteiger charge is -2.29. The largest absolute Gasteiger partial charge is 0.502 e. The minimum absolute atomic E-state index is 0.0573. The zero-order valence-corrected chi connectivity index (χ0v) is 21.4. The monoisotopic (exact) mass is 500 g/mol. The fourth-order valence-electron chi connectivity index (χ4n) is 4.99. The second kappa shape index (κ2) is 10.2. The van der Waals surface area contributed by atoms with Crippen LogP contribution in [0.3, 0.4) is 0 Å². The molecular formula is C30H32N2O5. The Morgan fingerprint density at radius 2 is 1.92 bits per heavy atom. The number of hydrogen-bond acceptors (Lipinski definition) is 5. The first-order valence-corrected chi connectivity index (χ1v) is 12.7. The van der Waals surface area contributed by atoms with Crippen molar-refractivity contribution in [2.45, 2.75) is 46.1 Å². The summed E-state index contributed by atoms with van der Waals surface area (Å²) in [5.74, 6) is 0.456. The number of carbonyl (C=O) groups is 1. The van der Waals surface area contributed by atoms with Crippen LogP contribution < -0.4 is 10.2 Å². The molecule has 7 heteroatoms. The van der Waals surface area contributed by atoms with E-state index >= 15 is 0 Å². The first-order valence-electron chi connectivity index (χ1n) is 12.7. The molecule has 3 heterocycles. The molecule has 0 saturated carbocycles. The van der Waals surface area contributed by atoms with Gasteiger partial charge in [0.1, 0.15) is 11.5 Å². The number of nitrogens with zero attached hydrogens (tertiary/aromatic N) is 1. The molecule has 0 radical (unpaired) electrons. The van der Waals surface area contributed by atoms with Crippen LogP contribution in [0.2, 0.25) is 0 Å². The molecule has 4 aromatic rings. The van der Waals surface area contributed by atoms with E-state index in [1.165, 1.54) is 17.0 Å². The van der Waals surface area contributed by atoms with Gasteiger partial charge in [0.05, 0.1) is 19.1 Å². The van der Waals surface area contributed by atoms with Crippen LogP contribution in [0.5, 0.6) is 11.5 Å². The minimum Gasteiger partial charge on any atom is -0.502 e. The third kappa shape index (κ3) is 5.12. The van der Waals surface area contributed by atoms with Crippen LogP contribution in [-0.2, 0) is 17.8 Å². The number of H-pyrrole nitrogens is 1. The number of fused-ring (bicyclic) bond motifs is 3. The third-order valence-electron chi connectivity index (χ3n) is 6.87. The maximum atomic E-state index is 13.6. The molecule has 1 amide bonds. The summed E-state index contributed by atoms with van der Waals surface area (Å²) in [6, 6.07) is 16.8. The third-order valence-corrected chi connectivity index (χ3v) is 6.87. The van der Waals surface area contributed by atoms with Crippen molar-refractivity contribution in [1.82, 2.24) is 9.88 Å². The number of nitrogens with one attached hydrogen (secondary N) is 1. The van der Waals surface area contributed by atoms with Crippen molar-refractivity contribution in [2.75, 3.05) is 13.2 Å². The van der Waals surface area contributed by atoms with Gasteiger partial charge in [-0.25, -0.2) is 0 Å². The van der Waals surface area contributed by atoms with E-state index in [2.05, 4.69) is 24.9 Å². The van der Waals surface area contributed by atoms with Gasteiger partial charge in [0, 0.05) is 35.6 Å². The lowest BCUT2D eigenvalue weighted by atomic mass is 9.91. The number of amides is 1. The highest BCUT2D eigenvalue weighted by atomic mass is 16.5. The SMILES string of the molecule is Cc1cc(=O)c(O)c(C(CC(=O)N2CCc3c([nH]c4ccccc34)C2)c2ccc(OCC(C)C)cc2)o1. The molecule has 192 valence electrons. The van der Waals surface area contributed by atoms with E-state index in [0.29, 0.717) is 31.4 Å². The average Bonchev–Trinajstić information content (AvgIpc) is 3.26. The zero-order valence-electron chi connectivity index (χ0n) is 21.4. The average molecular weight is 501 g/mol. The molecule has 0 aliphatic carbocycles. The summed E-state index contributed by atoms with van der Waals surface area (Å²) in [5, 5.41) is 11.8. The Morgan fingerprint density at radius 3 is 2.68 bits per heavy atom. The Morgan fingerprint density at radius 1 is 1.16 bits per heavy atom. The fourth-order valence-corrected chi connectivity index (χ4v) is 4.99. The van der Waals surface area contributed by atoms with E-state index < -0.39 is 17.1 Å². The van der Waals surface area contributed by atoms with Gasteiger partial charge in [0.15, 0.2) is 5.76 Å². The van der Waals surface area contributed by atoms with E-state index in [1.807, 2.05) is 47.4 Å². The lowest BCUT2D eigenvalue weighted by molar-refractivity contribution is -0.132. The first-order chi connectivity index (χ1) is 17.8. The number of rotatable bonds is 7. The summed E-state index contributed by atoms with van der Waals surface area (Å²) in [4.78, 5) is 31.3. The standard InChI is InChI=1S/C30H32N2O5/c1-18(2)17-36-21-10-8-20(9-11-21)24(30-29(35)27(33)14-19(3)37-30)15-28(34)32-13-12-23-22-6-4-5-7-25(22)31-26(23)16-32/h4-11,14,18,24,31,35H,12-13,15-17H2,1-3H3. The molecule has 1 aliphatic rings. The van der Waals surface area contributed by atoms with Crippen molar-refractivity contribution in [2.24, 2.45) is 5.92 Å². The Hall–Kier alpha value is -4.00. The van der Waals surface area contributed by atoms with Gasteiger partial charge in [-0.15, -0.1) is 0 Å². The number of carbonyl (C=O) groups excluding carboxylic acids is 1. The number of aromatic nitrogens is 1. The summed E-state index contributed by atoms with van der Waals surface area (Å²) in [5.41, 5.74) is 3.63. The normalized spacial score (nSPS) is 14.1. The quantitative estimate of drug-likeness (QED) is 0.360. The Labute approximate surface area is 215 Å². The molecule has 2 N–H and O–H groups in total. The number of hydrogen-bond donors (Lipinski definition) is 2. The van der Waals surface area contributed by atoms with Crippen molar-refractivity contribution >= 4 is 16.8 Å². The number of para-hydroxylation sites is 1. The van der Waals surface area contributed by atoms with Crippen LogP contribution in [0.4, 0.5) is 0 Å². The maximum Gasteiger partial charge on any atom is 0.227 e.